The van der Waals surface area contributed by atoms with E-state index in [-0.39, 0.29) is 22.8 Å². The minimum Gasteiger partial charge on any atom is -0.330 e. The standard InChI is InChI=1S/C19H19FN4O2S/c20-13-6-12-17(24(10-4-5-10)19(26)23-18(12)25)22-16(13)15-7-11-9(8-21)2-1-3-14(11)27-15/h6-7,9-10H,1-5,8,21H2,(H,23,25,26). The van der Waals surface area contributed by atoms with E-state index in [1.807, 2.05) is 6.07 Å². The van der Waals surface area contributed by atoms with Crippen LogP contribution in [-0.2, 0) is 6.42 Å². The van der Waals surface area contributed by atoms with Crippen LogP contribution in [0.1, 0.15) is 48.1 Å². The van der Waals surface area contributed by atoms with Crippen LogP contribution in [0, 0.1) is 5.82 Å². The van der Waals surface area contributed by atoms with Gasteiger partial charge in [0, 0.05) is 10.9 Å². The van der Waals surface area contributed by atoms with Gasteiger partial charge in [0.2, 0.25) is 0 Å². The van der Waals surface area contributed by atoms with E-state index in [4.69, 9.17) is 5.73 Å². The predicted octanol–water partition coefficient (Wildman–Crippen LogP) is 2.67. The van der Waals surface area contributed by atoms with Crippen molar-refractivity contribution in [3.8, 4) is 10.6 Å². The third-order valence-corrected chi connectivity index (χ3v) is 6.75. The monoisotopic (exact) mass is 386 g/mol. The van der Waals surface area contributed by atoms with Gasteiger partial charge in [-0.2, -0.15) is 0 Å². The molecule has 0 saturated heterocycles. The minimum atomic E-state index is -0.599. The Morgan fingerprint density at radius 1 is 1.30 bits per heavy atom. The summed E-state index contributed by atoms with van der Waals surface area (Å²) in [6.45, 7) is 0.577. The second kappa shape index (κ2) is 6.10. The van der Waals surface area contributed by atoms with Crippen LogP contribution in [0.5, 0.6) is 0 Å². The van der Waals surface area contributed by atoms with Gasteiger partial charge in [-0.25, -0.2) is 14.2 Å². The van der Waals surface area contributed by atoms with Crippen molar-refractivity contribution in [2.45, 2.75) is 44.1 Å². The van der Waals surface area contributed by atoms with Gasteiger partial charge < -0.3 is 5.73 Å². The van der Waals surface area contributed by atoms with Gasteiger partial charge in [-0.1, -0.05) is 0 Å². The second-order valence-electron chi connectivity index (χ2n) is 7.36. The lowest BCUT2D eigenvalue weighted by atomic mass is 9.87. The Balaban J connectivity index is 1.74. The predicted molar refractivity (Wildman–Crippen MR) is 103 cm³/mol. The van der Waals surface area contributed by atoms with Gasteiger partial charge in [0.25, 0.3) is 5.56 Å². The highest BCUT2D eigenvalue weighted by atomic mass is 32.1. The maximum atomic E-state index is 14.9. The van der Waals surface area contributed by atoms with E-state index in [2.05, 4.69) is 9.97 Å². The fraction of sp³-hybridized carbons (Fsp3) is 0.421. The maximum absolute atomic E-state index is 14.9. The molecule has 3 aromatic heterocycles. The molecule has 0 spiro atoms. The number of nitrogens with one attached hydrogen (secondary N) is 1. The molecule has 1 atom stereocenters. The van der Waals surface area contributed by atoms with Gasteiger partial charge in [0.15, 0.2) is 11.5 Å². The number of nitrogens with two attached hydrogens (primary N) is 1. The number of rotatable bonds is 3. The molecule has 0 amide bonds. The van der Waals surface area contributed by atoms with Crippen LogP contribution in [0.2, 0.25) is 0 Å². The molecule has 1 fully saturated rings. The van der Waals surface area contributed by atoms with Crippen LogP contribution >= 0.6 is 11.3 Å². The quantitative estimate of drug-likeness (QED) is 0.724. The molecule has 3 aromatic rings. The number of thiophene rings is 1. The zero-order valence-corrected chi connectivity index (χ0v) is 15.4. The van der Waals surface area contributed by atoms with Crippen LogP contribution in [0.4, 0.5) is 4.39 Å². The fourth-order valence-corrected chi connectivity index (χ4v) is 5.29. The summed E-state index contributed by atoms with van der Waals surface area (Å²) in [5.74, 6) is -0.244. The van der Waals surface area contributed by atoms with E-state index >= 15 is 0 Å². The Hall–Kier alpha value is -2.32. The lowest BCUT2D eigenvalue weighted by Gasteiger charge is -2.20. The fourth-order valence-electron chi connectivity index (χ4n) is 4.00. The first kappa shape index (κ1) is 16.8. The molecule has 5 rings (SSSR count). The first-order chi connectivity index (χ1) is 13.1. The molecule has 8 heteroatoms. The molecule has 0 bridgehead atoms. The summed E-state index contributed by atoms with van der Waals surface area (Å²) in [5.41, 5.74) is 6.49. The molecule has 6 nitrogen and oxygen atoms in total. The number of hydrogen-bond acceptors (Lipinski definition) is 5. The third-order valence-electron chi connectivity index (χ3n) is 5.54. The number of fused-ring (bicyclic) bond motifs is 2. The first-order valence-electron chi connectivity index (χ1n) is 9.25. The maximum Gasteiger partial charge on any atom is 0.330 e. The highest BCUT2D eigenvalue weighted by Crippen LogP contribution is 2.41. The smallest absolute Gasteiger partial charge is 0.330 e. The molecule has 140 valence electrons. The van der Waals surface area contributed by atoms with Crippen molar-refractivity contribution in [2.24, 2.45) is 5.73 Å². The molecule has 0 radical (unpaired) electrons. The van der Waals surface area contributed by atoms with Crippen molar-refractivity contribution in [1.29, 1.82) is 0 Å². The second-order valence-corrected chi connectivity index (χ2v) is 8.50. The molecule has 1 unspecified atom stereocenters. The minimum absolute atomic E-state index is 0.0285. The first-order valence-corrected chi connectivity index (χ1v) is 10.1. The zero-order chi connectivity index (χ0) is 18.7. The Morgan fingerprint density at radius 3 is 2.85 bits per heavy atom. The van der Waals surface area contributed by atoms with E-state index in [1.165, 1.54) is 32.4 Å². The lowest BCUT2D eigenvalue weighted by Crippen LogP contribution is -2.30. The summed E-state index contributed by atoms with van der Waals surface area (Å²) in [5, 5.41) is 0.115. The number of H-pyrrole nitrogens is 1. The summed E-state index contributed by atoms with van der Waals surface area (Å²) in [7, 11) is 0. The Kier molecular flexibility index (Phi) is 3.80. The molecular weight excluding hydrogens is 367 g/mol. The third kappa shape index (κ3) is 2.66. The van der Waals surface area contributed by atoms with E-state index < -0.39 is 17.1 Å². The van der Waals surface area contributed by atoms with Gasteiger partial charge >= 0.3 is 5.69 Å². The van der Waals surface area contributed by atoms with Crippen LogP contribution in [0.15, 0.2) is 21.7 Å². The average Bonchev–Trinajstić information content (AvgIpc) is 3.38. The van der Waals surface area contributed by atoms with Gasteiger partial charge in [-0.05, 0) is 62.3 Å². The van der Waals surface area contributed by atoms with Crippen LogP contribution in [-0.4, -0.2) is 21.1 Å². The number of halogens is 1. The number of aromatic nitrogens is 3. The zero-order valence-electron chi connectivity index (χ0n) is 14.6. The van der Waals surface area contributed by atoms with Gasteiger partial charge in [0.05, 0.1) is 10.3 Å². The van der Waals surface area contributed by atoms with E-state index in [9.17, 15) is 14.0 Å². The summed E-state index contributed by atoms with van der Waals surface area (Å²) in [6, 6.07) is 3.22. The summed E-state index contributed by atoms with van der Waals surface area (Å²) in [6.07, 6.45) is 4.82. The van der Waals surface area contributed by atoms with Crippen molar-refractivity contribution >= 4 is 22.4 Å². The van der Waals surface area contributed by atoms with Crippen molar-refractivity contribution in [3.05, 3.63) is 49.2 Å². The molecule has 0 aliphatic heterocycles. The number of aromatic amines is 1. The topological polar surface area (TPSA) is 93.8 Å². The number of nitrogens with zero attached hydrogens (tertiary/aromatic N) is 2. The Labute approximate surface area is 157 Å². The van der Waals surface area contributed by atoms with Gasteiger partial charge in [0.1, 0.15) is 5.69 Å². The van der Waals surface area contributed by atoms with Crippen molar-refractivity contribution < 1.29 is 4.39 Å². The highest BCUT2D eigenvalue weighted by molar-refractivity contribution is 7.15. The average molecular weight is 386 g/mol. The normalized spacial score (nSPS) is 19.4. The van der Waals surface area contributed by atoms with Crippen LogP contribution < -0.4 is 17.0 Å². The summed E-state index contributed by atoms with van der Waals surface area (Å²) < 4.78 is 16.4. The summed E-state index contributed by atoms with van der Waals surface area (Å²) in [4.78, 5) is 33.1. The van der Waals surface area contributed by atoms with E-state index in [1.54, 1.807) is 0 Å². The van der Waals surface area contributed by atoms with Crippen LogP contribution in [0.25, 0.3) is 21.6 Å². The largest absolute Gasteiger partial charge is 0.330 e. The Morgan fingerprint density at radius 2 is 2.11 bits per heavy atom. The number of hydrogen-bond donors (Lipinski definition) is 2. The van der Waals surface area contributed by atoms with Gasteiger partial charge in [-0.15, -0.1) is 11.3 Å². The molecule has 1 saturated carbocycles. The molecule has 3 N–H and O–H groups in total. The van der Waals surface area contributed by atoms with Crippen molar-refractivity contribution in [3.63, 3.8) is 0 Å². The van der Waals surface area contributed by atoms with E-state index in [0.29, 0.717) is 12.5 Å². The van der Waals surface area contributed by atoms with E-state index in [0.717, 1.165) is 37.0 Å². The van der Waals surface area contributed by atoms with Crippen molar-refractivity contribution in [2.75, 3.05) is 6.54 Å². The molecule has 2 aliphatic rings. The SMILES string of the molecule is NCC1CCCc2sc(-c3nc4c(cc3F)c(=O)[nH]c(=O)n4C3CC3)cc21. The molecular formula is C19H19FN4O2S. The Bertz CT molecular complexity index is 1170. The summed E-state index contributed by atoms with van der Waals surface area (Å²) >= 11 is 1.54. The van der Waals surface area contributed by atoms with Crippen LogP contribution in [0.3, 0.4) is 0 Å². The lowest BCUT2D eigenvalue weighted by molar-refractivity contribution is 0.567. The molecule has 3 heterocycles. The number of aryl methyl sites for hydroxylation is 1. The van der Waals surface area contributed by atoms with Gasteiger partial charge in [-0.3, -0.25) is 14.3 Å². The highest BCUT2D eigenvalue weighted by Gasteiger charge is 2.29. The van der Waals surface area contributed by atoms with Crippen molar-refractivity contribution in [1.82, 2.24) is 14.5 Å². The molecule has 0 aromatic carbocycles. The molecule has 2 aliphatic carbocycles. The molecule has 27 heavy (non-hydrogen) atoms. The number of pyridine rings is 1.